The number of nitrogens with one attached hydrogen (secondary N) is 1. The number of hydrogen-bond donors (Lipinski definition) is 2. The normalized spacial score (nSPS) is 14.0. The summed E-state index contributed by atoms with van der Waals surface area (Å²) in [6, 6.07) is -0.861. The van der Waals surface area contributed by atoms with E-state index in [1.54, 1.807) is 0 Å². The first-order chi connectivity index (χ1) is 40.4. The summed E-state index contributed by atoms with van der Waals surface area (Å²) in [5, 5.41) is 3.06. The van der Waals surface area contributed by atoms with Crippen molar-refractivity contribution >= 4 is 19.7 Å². The molecule has 484 valence electrons. The Balaban J connectivity index is 5.06. The Morgan fingerprint density at radius 1 is 0.422 bits per heavy atom. The summed E-state index contributed by atoms with van der Waals surface area (Å²) < 4.78 is 30.8. The number of unbranched alkanes of at least 4 members (excludes halogenated alkanes) is 38. The van der Waals surface area contributed by atoms with Crippen LogP contribution in [0.25, 0.3) is 0 Å². The second-order valence-corrected chi connectivity index (χ2v) is 26.5. The lowest BCUT2D eigenvalue weighted by Gasteiger charge is -2.27. The van der Waals surface area contributed by atoms with Crippen molar-refractivity contribution in [3.8, 4) is 0 Å². The van der Waals surface area contributed by atoms with Gasteiger partial charge in [-0.25, -0.2) is 4.57 Å². The van der Waals surface area contributed by atoms with Crippen molar-refractivity contribution in [3.63, 3.8) is 0 Å². The topological polar surface area (TPSA) is 111 Å². The van der Waals surface area contributed by atoms with E-state index in [4.69, 9.17) is 13.8 Å². The van der Waals surface area contributed by atoms with Gasteiger partial charge in [0.1, 0.15) is 19.3 Å². The van der Waals surface area contributed by atoms with Gasteiger partial charge in [0, 0.05) is 12.8 Å². The van der Waals surface area contributed by atoms with Crippen molar-refractivity contribution in [2.45, 2.75) is 341 Å². The molecule has 1 amide bonds. The molecule has 0 aliphatic heterocycles. The number of rotatable bonds is 64. The van der Waals surface area contributed by atoms with E-state index in [2.05, 4.69) is 86.8 Å². The first-order valence-corrected chi connectivity index (χ1v) is 36.8. The zero-order chi connectivity index (χ0) is 60.7. The standard InChI is InChI=1S/C73H135N2O7P/c1-7-10-13-16-19-22-25-27-29-31-33-35-36-37-38-40-42-44-46-48-51-54-57-60-63-66-73(77)82-71(64-61-58-55-52-49-24-21-18-15-12-9-3)70(69-81-83(78,79)80-68-67-75(4,5)6)74-72(76)65-62-59-56-53-50-47-45-43-41-39-34-32-30-28-26-23-20-17-14-11-8-2/h20,23,27-30,34,39,43,45,61,64,70-71H,7-19,21-22,24-26,31-33,35-38,40-42,44,46-60,62-63,65-69H2,1-6H3,(H-,74,76,78,79)/p+1/b23-20-,29-27+,30-28-,39-34-,45-43-,64-61+. The lowest BCUT2D eigenvalue weighted by atomic mass is 10.0. The van der Waals surface area contributed by atoms with Crippen LogP contribution in [0.15, 0.2) is 72.9 Å². The van der Waals surface area contributed by atoms with Gasteiger partial charge in [-0.1, -0.05) is 287 Å². The maximum atomic E-state index is 13.6. The zero-order valence-electron chi connectivity index (χ0n) is 55.4. The van der Waals surface area contributed by atoms with E-state index < -0.39 is 20.0 Å². The Bertz CT molecular complexity index is 1650. The summed E-state index contributed by atoms with van der Waals surface area (Å²) in [5.41, 5.74) is 0. The fourth-order valence-electron chi connectivity index (χ4n) is 10.2. The predicted octanol–water partition coefficient (Wildman–Crippen LogP) is 22.3. The van der Waals surface area contributed by atoms with Crippen LogP contribution in [0, 0.1) is 0 Å². The number of likely N-dealkylation sites (N-methyl/N-ethyl adjacent to an activating group) is 1. The maximum Gasteiger partial charge on any atom is 0.472 e. The number of phosphoric ester groups is 1. The second kappa shape index (κ2) is 62.5. The number of phosphoric acid groups is 1. The SMILES string of the molecule is CCCCC/C=C\C/C=C\C/C=C\C/C=C\CCCCCCCC(=O)NC(COP(=O)(O)OCC[N+](C)(C)C)C(/C=C/CCCCCCCCCCC)OC(=O)CCCCCCCCCCCCCCCCC/C=C/CCCCCCCC. The van der Waals surface area contributed by atoms with Crippen molar-refractivity contribution in [1.82, 2.24) is 5.32 Å². The molecule has 0 spiro atoms. The minimum absolute atomic E-state index is 0.0349. The number of hydrogen-bond acceptors (Lipinski definition) is 6. The van der Waals surface area contributed by atoms with Gasteiger partial charge in [0.15, 0.2) is 0 Å². The van der Waals surface area contributed by atoms with E-state index in [0.717, 1.165) is 96.3 Å². The predicted molar refractivity (Wildman–Crippen MR) is 360 cm³/mol. The molecule has 10 heteroatoms. The van der Waals surface area contributed by atoms with Crippen LogP contribution in [0.3, 0.4) is 0 Å². The van der Waals surface area contributed by atoms with E-state index in [9.17, 15) is 19.0 Å². The van der Waals surface area contributed by atoms with Crippen LogP contribution in [0.4, 0.5) is 0 Å². The quantitative estimate of drug-likeness (QED) is 0.0205. The molecule has 0 radical (unpaired) electrons. The van der Waals surface area contributed by atoms with Crippen molar-refractivity contribution in [1.29, 1.82) is 0 Å². The molecule has 0 aromatic carbocycles. The highest BCUT2D eigenvalue weighted by atomic mass is 31.2. The summed E-state index contributed by atoms with van der Waals surface area (Å²) >= 11 is 0. The number of allylic oxidation sites excluding steroid dienone is 11. The third-order valence-electron chi connectivity index (χ3n) is 15.6. The van der Waals surface area contributed by atoms with Gasteiger partial charge in [-0.05, 0) is 102 Å². The van der Waals surface area contributed by atoms with Crippen LogP contribution in [-0.2, 0) is 27.9 Å². The third-order valence-corrected chi connectivity index (χ3v) is 16.6. The molecule has 0 saturated carbocycles. The minimum atomic E-state index is -4.46. The molecule has 2 N–H and O–H groups in total. The van der Waals surface area contributed by atoms with Crippen molar-refractivity contribution < 1.29 is 37.3 Å². The van der Waals surface area contributed by atoms with Gasteiger partial charge < -0.3 is 19.4 Å². The molecule has 83 heavy (non-hydrogen) atoms. The smallest absolute Gasteiger partial charge is 0.456 e. The van der Waals surface area contributed by atoms with E-state index in [1.165, 1.54) is 199 Å². The molecular weight excluding hydrogens is 1050 g/mol. The molecule has 3 atom stereocenters. The van der Waals surface area contributed by atoms with Crippen molar-refractivity contribution in [2.75, 3.05) is 40.9 Å². The average Bonchev–Trinajstić information content (AvgIpc) is 3.51. The van der Waals surface area contributed by atoms with Gasteiger partial charge in [-0.15, -0.1) is 0 Å². The number of carbonyl (C=O) groups excluding carboxylic acids is 2. The Morgan fingerprint density at radius 3 is 1.13 bits per heavy atom. The van der Waals surface area contributed by atoms with Gasteiger partial charge in [-0.2, -0.15) is 0 Å². The lowest BCUT2D eigenvalue weighted by Crippen LogP contribution is -2.47. The third kappa shape index (κ3) is 63.8. The number of ether oxygens (including phenoxy) is 1. The largest absolute Gasteiger partial charge is 0.472 e. The summed E-state index contributed by atoms with van der Waals surface area (Å²) in [6.07, 6.45) is 82.0. The summed E-state index contributed by atoms with van der Waals surface area (Å²) in [5.74, 6) is -0.518. The number of esters is 1. The summed E-state index contributed by atoms with van der Waals surface area (Å²) in [6.45, 7) is 6.99. The average molecular weight is 1180 g/mol. The fraction of sp³-hybridized carbons (Fsp3) is 0.808. The number of quaternary nitrogens is 1. The first kappa shape index (κ1) is 80.5. The molecule has 0 saturated heterocycles. The summed E-state index contributed by atoms with van der Waals surface area (Å²) in [7, 11) is 1.49. The van der Waals surface area contributed by atoms with Crippen LogP contribution in [0.2, 0.25) is 0 Å². The number of nitrogens with zero attached hydrogens (tertiary/aromatic N) is 1. The van der Waals surface area contributed by atoms with E-state index >= 15 is 0 Å². The van der Waals surface area contributed by atoms with Crippen LogP contribution >= 0.6 is 7.82 Å². The summed E-state index contributed by atoms with van der Waals surface area (Å²) in [4.78, 5) is 37.8. The highest BCUT2D eigenvalue weighted by Gasteiger charge is 2.30. The molecule has 0 aromatic heterocycles. The molecule has 9 nitrogen and oxygen atoms in total. The zero-order valence-corrected chi connectivity index (χ0v) is 56.3. The van der Waals surface area contributed by atoms with E-state index in [0.29, 0.717) is 17.4 Å². The van der Waals surface area contributed by atoms with E-state index in [-0.39, 0.29) is 31.5 Å². The minimum Gasteiger partial charge on any atom is -0.456 e. The molecular formula is C73H136N2O7P+. The van der Waals surface area contributed by atoms with Crippen molar-refractivity contribution in [2.24, 2.45) is 0 Å². The van der Waals surface area contributed by atoms with Gasteiger partial charge in [0.2, 0.25) is 5.91 Å². The first-order valence-electron chi connectivity index (χ1n) is 35.3. The van der Waals surface area contributed by atoms with Crippen molar-refractivity contribution in [3.05, 3.63) is 72.9 Å². The van der Waals surface area contributed by atoms with E-state index in [1.807, 2.05) is 33.3 Å². The van der Waals surface area contributed by atoms with Crippen LogP contribution in [0.5, 0.6) is 0 Å². The molecule has 0 aliphatic rings. The van der Waals surface area contributed by atoms with Gasteiger partial charge in [0.05, 0.1) is 33.8 Å². The Hall–Kier alpha value is -2.55. The molecule has 0 fully saturated rings. The Morgan fingerprint density at radius 2 is 0.735 bits per heavy atom. The Labute approximate surface area is 514 Å². The highest BCUT2D eigenvalue weighted by Crippen LogP contribution is 2.43. The maximum absolute atomic E-state index is 13.6. The van der Waals surface area contributed by atoms with Gasteiger partial charge in [0.25, 0.3) is 0 Å². The Kier molecular flexibility index (Phi) is 60.6. The lowest BCUT2D eigenvalue weighted by molar-refractivity contribution is -0.870. The number of amides is 1. The monoisotopic (exact) mass is 1180 g/mol. The van der Waals surface area contributed by atoms with Crippen LogP contribution in [-0.4, -0.2) is 74.3 Å². The molecule has 3 unspecified atom stereocenters. The molecule has 0 heterocycles. The molecule has 0 aromatic rings. The molecule has 0 bridgehead atoms. The number of carbonyl (C=O) groups is 2. The van der Waals surface area contributed by atoms with Gasteiger partial charge >= 0.3 is 13.8 Å². The molecule has 0 aliphatic carbocycles. The fourth-order valence-corrected chi connectivity index (χ4v) is 10.9. The highest BCUT2D eigenvalue weighted by molar-refractivity contribution is 7.47. The second-order valence-electron chi connectivity index (χ2n) is 25.0. The van der Waals surface area contributed by atoms with Gasteiger partial charge in [-0.3, -0.25) is 18.6 Å². The van der Waals surface area contributed by atoms with Crippen LogP contribution < -0.4 is 5.32 Å². The molecule has 0 rings (SSSR count). The van der Waals surface area contributed by atoms with Crippen LogP contribution in [0.1, 0.15) is 329 Å².